The molecular weight excluding hydrogens is 94.1 g/mol. The summed E-state index contributed by atoms with van der Waals surface area (Å²) < 4.78 is 0. The van der Waals surface area contributed by atoms with Crippen LogP contribution in [-0.2, 0) is 0 Å². The number of nitrogens with one attached hydrogen (secondary N) is 1. The predicted molar refractivity (Wildman–Crippen MR) is 30.0 cm³/mol. The molecule has 0 aromatic rings. The fraction of sp³-hybridized carbons (Fsp3) is 1.00. The Morgan fingerprint density at radius 3 is 2.67 bits per heavy atom. The molecule has 0 saturated carbocycles. The molecule has 1 aliphatic heterocycles. The van der Waals surface area contributed by atoms with Crippen molar-refractivity contribution in [1.29, 1.82) is 0 Å². The molecular formula is C4H9NS. The van der Waals surface area contributed by atoms with Gasteiger partial charge >= 0.3 is 0 Å². The zero-order valence-corrected chi connectivity index (χ0v) is 4.54. The number of hydrogen-bond acceptors (Lipinski definition) is 2. The molecule has 1 heterocycles. The highest BCUT2D eigenvalue weighted by Gasteiger charge is 2.06. The Hall–Kier alpha value is 0.310. The second-order valence-electron chi connectivity index (χ2n) is 1.61. The van der Waals surface area contributed by atoms with Crippen LogP contribution in [0, 0.1) is 0 Å². The molecule has 2 heteroatoms. The second-order valence-corrected chi connectivity index (χ2v) is 2.24. The van der Waals surface area contributed by atoms with E-state index in [2.05, 4.69) is 17.9 Å². The zero-order chi connectivity index (χ0) is 4.41. The van der Waals surface area contributed by atoms with E-state index in [1.165, 1.54) is 12.8 Å². The van der Waals surface area contributed by atoms with Gasteiger partial charge in [-0.05, 0) is 19.4 Å². The van der Waals surface area contributed by atoms with E-state index in [1.807, 2.05) is 0 Å². The monoisotopic (exact) mass is 103 g/mol. The van der Waals surface area contributed by atoms with E-state index in [1.54, 1.807) is 0 Å². The summed E-state index contributed by atoms with van der Waals surface area (Å²) in [6.07, 6.45) is 2.54. The first-order valence-corrected chi connectivity index (χ1v) is 2.83. The summed E-state index contributed by atoms with van der Waals surface area (Å²) in [6, 6.07) is 0. The molecule has 0 aliphatic carbocycles. The highest BCUT2D eigenvalue weighted by Crippen LogP contribution is 2.06. The Bertz CT molecular complexity index is 40.8. The van der Waals surface area contributed by atoms with Crippen molar-refractivity contribution in [1.82, 2.24) is 5.32 Å². The van der Waals surface area contributed by atoms with Gasteiger partial charge in [0.25, 0.3) is 0 Å². The lowest BCUT2D eigenvalue weighted by Gasteiger charge is -1.94. The summed E-state index contributed by atoms with van der Waals surface area (Å²) in [5.41, 5.74) is 0. The highest BCUT2D eigenvalue weighted by atomic mass is 32.1. The minimum atomic E-state index is 0.491. The molecule has 0 aromatic carbocycles. The smallest absolute Gasteiger partial charge is 0.0502 e. The Balaban J connectivity index is 2.18. The summed E-state index contributed by atoms with van der Waals surface area (Å²) in [5, 5.41) is 3.67. The minimum absolute atomic E-state index is 0.491. The van der Waals surface area contributed by atoms with Gasteiger partial charge in [-0.2, -0.15) is 12.6 Å². The minimum Gasteiger partial charge on any atom is -0.306 e. The van der Waals surface area contributed by atoms with Crippen LogP contribution in [-0.4, -0.2) is 11.9 Å². The molecule has 1 aliphatic rings. The highest BCUT2D eigenvalue weighted by molar-refractivity contribution is 7.80. The van der Waals surface area contributed by atoms with E-state index in [4.69, 9.17) is 0 Å². The van der Waals surface area contributed by atoms with Crippen molar-refractivity contribution in [2.45, 2.75) is 18.2 Å². The summed E-state index contributed by atoms with van der Waals surface area (Å²) >= 11 is 4.18. The molecule has 1 nitrogen and oxygen atoms in total. The quantitative estimate of drug-likeness (QED) is 0.428. The van der Waals surface area contributed by atoms with Gasteiger partial charge in [-0.1, -0.05) is 0 Å². The molecule has 1 saturated heterocycles. The van der Waals surface area contributed by atoms with Crippen LogP contribution in [0.15, 0.2) is 0 Å². The van der Waals surface area contributed by atoms with Crippen molar-refractivity contribution in [3.8, 4) is 0 Å². The zero-order valence-electron chi connectivity index (χ0n) is 3.65. The molecule has 0 bridgehead atoms. The van der Waals surface area contributed by atoms with Crippen LogP contribution in [0.25, 0.3) is 0 Å². The lowest BCUT2D eigenvalue weighted by Crippen LogP contribution is -2.13. The van der Waals surface area contributed by atoms with Gasteiger partial charge in [-0.25, -0.2) is 0 Å². The van der Waals surface area contributed by atoms with Crippen LogP contribution in [0.3, 0.4) is 0 Å². The fourth-order valence-electron chi connectivity index (χ4n) is 0.666. The summed E-state index contributed by atoms with van der Waals surface area (Å²) in [5.74, 6) is 0. The molecule has 0 spiro atoms. The third kappa shape index (κ3) is 0.884. The van der Waals surface area contributed by atoms with Crippen molar-refractivity contribution in [3.05, 3.63) is 0 Å². The topological polar surface area (TPSA) is 12.0 Å². The van der Waals surface area contributed by atoms with Gasteiger partial charge < -0.3 is 5.32 Å². The van der Waals surface area contributed by atoms with Crippen molar-refractivity contribution < 1.29 is 0 Å². The van der Waals surface area contributed by atoms with Gasteiger partial charge in [0.2, 0.25) is 0 Å². The third-order valence-corrected chi connectivity index (χ3v) is 1.48. The van der Waals surface area contributed by atoms with E-state index in [-0.39, 0.29) is 0 Å². The van der Waals surface area contributed by atoms with Gasteiger partial charge in [-0.3, -0.25) is 0 Å². The fourth-order valence-corrected chi connectivity index (χ4v) is 0.978. The largest absolute Gasteiger partial charge is 0.306 e. The Kier molecular flexibility index (Phi) is 1.37. The van der Waals surface area contributed by atoms with E-state index in [0.29, 0.717) is 5.37 Å². The maximum absolute atomic E-state index is 4.18. The molecule has 1 rings (SSSR count). The van der Waals surface area contributed by atoms with E-state index >= 15 is 0 Å². The molecule has 36 valence electrons. The lowest BCUT2D eigenvalue weighted by molar-refractivity contribution is 0.812. The molecule has 1 fully saturated rings. The third-order valence-electron chi connectivity index (χ3n) is 1.03. The van der Waals surface area contributed by atoms with E-state index in [9.17, 15) is 0 Å². The van der Waals surface area contributed by atoms with Crippen LogP contribution >= 0.6 is 12.6 Å². The van der Waals surface area contributed by atoms with Gasteiger partial charge in [0.15, 0.2) is 0 Å². The van der Waals surface area contributed by atoms with E-state index in [0.717, 1.165) is 6.54 Å². The number of thiol groups is 1. The van der Waals surface area contributed by atoms with E-state index < -0.39 is 0 Å². The van der Waals surface area contributed by atoms with Crippen LogP contribution in [0.5, 0.6) is 0 Å². The normalized spacial score (nSPS) is 34.5. The molecule has 0 aromatic heterocycles. The van der Waals surface area contributed by atoms with Gasteiger partial charge in [0.05, 0.1) is 5.37 Å². The Labute approximate surface area is 43.5 Å². The molecule has 6 heavy (non-hydrogen) atoms. The predicted octanol–water partition coefficient (Wildman–Crippen LogP) is 0.626. The first kappa shape index (κ1) is 4.47. The summed E-state index contributed by atoms with van der Waals surface area (Å²) in [4.78, 5) is 0. The molecule has 0 amide bonds. The first-order chi connectivity index (χ1) is 2.89. The first-order valence-electron chi connectivity index (χ1n) is 2.31. The second kappa shape index (κ2) is 1.85. The van der Waals surface area contributed by atoms with Crippen molar-refractivity contribution in [2.75, 3.05) is 6.54 Å². The SMILES string of the molecule is SC1CCCN1. The average molecular weight is 103 g/mol. The molecule has 0 radical (unpaired) electrons. The van der Waals surface area contributed by atoms with Crippen LogP contribution < -0.4 is 5.32 Å². The maximum atomic E-state index is 4.18. The molecule has 1 unspecified atom stereocenters. The number of hydrogen-bond donors (Lipinski definition) is 2. The molecule has 1 atom stereocenters. The Morgan fingerprint density at radius 1 is 1.67 bits per heavy atom. The standard InChI is InChI=1S/C4H9NS/c6-4-2-1-3-5-4/h4-6H,1-3H2. The maximum Gasteiger partial charge on any atom is 0.0502 e. The number of rotatable bonds is 0. The van der Waals surface area contributed by atoms with Crippen molar-refractivity contribution >= 4 is 12.6 Å². The average Bonchev–Trinajstić information content (AvgIpc) is 1.86. The van der Waals surface area contributed by atoms with Gasteiger partial charge in [0.1, 0.15) is 0 Å². The van der Waals surface area contributed by atoms with Crippen LogP contribution in [0.4, 0.5) is 0 Å². The van der Waals surface area contributed by atoms with Crippen molar-refractivity contribution in [2.24, 2.45) is 0 Å². The lowest BCUT2D eigenvalue weighted by atomic mass is 10.4. The Morgan fingerprint density at radius 2 is 2.50 bits per heavy atom. The van der Waals surface area contributed by atoms with Crippen LogP contribution in [0.2, 0.25) is 0 Å². The van der Waals surface area contributed by atoms with Crippen molar-refractivity contribution in [3.63, 3.8) is 0 Å². The summed E-state index contributed by atoms with van der Waals surface area (Å²) in [6.45, 7) is 1.16. The summed E-state index contributed by atoms with van der Waals surface area (Å²) in [7, 11) is 0. The van der Waals surface area contributed by atoms with Gasteiger partial charge in [0, 0.05) is 0 Å². The molecule has 1 N–H and O–H groups in total. The van der Waals surface area contributed by atoms with Crippen LogP contribution in [0.1, 0.15) is 12.8 Å². The van der Waals surface area contributed by atoms with Gasteiger partial charge in [-0.15, -0.1) is 0 Å².